The van der Waals surface area contributed by atoms with Gasteiger partial charge in [0.1, 0.15) is 17.2 Å². The smallest absolute Gasteiger partial charge is 0.228 e. The van der Waals surface area contributed by atoms with Crippen LogP contribution in [0, 0.1) is 13.8 Å². The van der Waals surface area contributed by atoms with Crippen molar-refractivity contribution < 1.29 is 9.42 Å². The normalized spacial score (nSPS) is 16.4. The molecule has 1 aliphatic heterocycles. The number of hydrogen-bond donors (Lipinski definition) is 1. The molecule has 3 heterocycles. The summed E-state index contributed by atoms with van der Waals surface area (Å²) >= 11 is 0. The molecule has 112 valence electrons. The minimum Gasteiger partial charge on any atom is -0.342 e. The maximum absolute atomic E-state index is 12.2. The molecule has 1 aliphatic rings. The fraction of sp³-hybridized carbons (Fsp3) is 0.615. The molecule has 0 aliphatic carbocycles. The van der Waals surface area contributed by atoms with E-state index in [4.69, 9.17) is 0 Å². The van der Waals surface area contributed by atoms with Crippen LogP contribution in [0.4, 0.5) is 0 Å². The van der Waals surface area contributed by atoms with Crippen molar-refractivity contribution in [2.24, 2.45) is 0 Å². The van der Waals surface area contributed by atoms with Crippen LogP contribution in [0.15, 0.2) is 4.63 Å². The topological polar surface area (TPSA) is 101 Å². The summed E-state index contributed by atoms with van der Waals surface area (Å²) in [6, 6.07) is 0. The van der Waals surface area contributed by atoms with Gasteiger partial charge in [-0.05, 0) is 26.7 Å². The van der Waals surface area contributed by atoms with Crippen molar-refractivity contribution in [2.75, 3.05) is 13.1 Å². The molecule has 0 saturated carbocycles. The van der Waals surface area contributed by atoms with Crippen molar-refractivity contribution >= 4 is 5.91 Å². The second-order valence-corrected chi connectivity index (χ2v) is 5.41. The molecule has 0 bridgehead atoms. The van der Waals surface area contributed by atoms with E-state index in [2.05, 4.69) is 30.1 Å². The number of piperidine rings is 1. The summed E-state index contributed by atoms with van der Waals surface area (Å²) in [5.41, 5.74) is 1.29. The summed E-state index contributed by atoms with van der Waals surface area (Å²) in [6.07, 6.45) is 2.03. The first-order valence-corrected chi connectivity index (χ1v) is 7.08. The lowest BCUT2D eigenvalue weighted by molar-refractivity contribution is -0.131. The van der Waals surface area contributed by atoms with Gasteiger partial charge in [-0.1, -0.05) is 10.3 Å². The Kier molecular flexibility index (Phi) is 3.68. The van der Waals surface area contributed by atoms with Gasteiger partial charge in [0.15, 0.2) is 5.82 Å². The predicted octanol–water partition coefficient (Wildman–Crippen LogP) is 0.753. The van der Waals surface area contributed by atoms with Crippen LogP contribution in [0.1, 0.15) is 41.8 Å². The Morgan fingerprint density at radius 3 is 2.67 bits per heavy atom. The van der Waals surface area contributed by atoms with Crippen molar-refractivity contribution in [2.45, 2.75) is 39.0 Å². The molecule has 8 heteroatoms. The average molecular weight is 290 g/mol. The third kappa shape index (κ3) is 2.93. The van der Waals surface area contributed by atoms with E-state index in [0.717, 1.165) is 37.6 Å². The van der Waals surface area contributed by atoms with Crippen LogP contribution in [0.3, 0.4) is 0 Å². The first-order chi connectivity index (χ1) is 10.1. The molecule has 1 saturated heterocycles. The zero-order valence-electron chi connectivity index (χ0n) is 12.2. The molecule has 1 N–H and O–H groups in total. The highest BCUT2D eigenvalue weighted by Gasteiger charge is 2.26. The molecule has 0 unspecified atom stereocenters. The number of hydrogen-bond acceptors (Lipinski definition) is 6. The van der Waals surface area contributed by atoms with Gasteiger partial charge < -0.3 is 4.90 Å². The van der Waals surface area contributed by atoms with Gasteiger partial charge in [0.05, 0.1) is 6.42 Å². The molecule has 0 radical (unpaired) electrons. The lowest BCUT2D eigenvalue weighted by atomic mass is 9.96. The van der Waals surface area contributed by atoms with Crippen LogP contribution < -0.4 is 0 Å². The fourth-order valence-corrected chi connectivity index (χ4v) is 2.59. The van der Waals surface area contributed by atoms with E-state index in [0.29, 0.717) is 17.3 Å². The molecular weight excluding hydrogens is 272 g/mol. The number of H-pyrrole nitrogens is 1. The van der Waals surface area contributed by atoms with Crippen LogP contribution in [-0.4, -0.2) is 49.4 Å². The maximum Gasteiger partial charge on any atom is 0.228 e. The quantitative estimate of drug-likeness (QED) is 0.895. The van der Waals surface area contributed by atoms with E-state index < -0.39 is 0 Å². The molecule has 3 rings (SSSR count). The molecule has 8 nitrogen and oxygen atoms in total. The number of nitrogens with one attached hydrogen (secondary N) is 1. The Bertz CT molecular complexity index is 626. The number of amides is 1. The molecule has 1 amide bonds. The number of aromatic amines is 1. The summed E-state index contributed by atoms with van der Waals surface area (Å²) in [7, 11) is 0. The summed E-state index contributed by atoms with van der Waals surface area (Å²) in [4.78, 5) is 18.5. The third-order valence-electron chi connectivity index (χ3n) is 3.89. The zero-order chi connectivity index (χ0) is 14.8. The first-order valence-electron chi connectivity index (χ1n) is 7.08. The van der Waals surface area contributed by atoms with Crippen LogP contribution in [0.25, 0.3) is 0 Å². The largest absolute Gasteiger partial charge is 0.342 e. The Hall–Kier alpha value is -2.25. The van der Waals surface area contributed by atoms with Gasteiger partial charge in [-0.2, -0.15) is 5.10 Å². The van der Waals surface area contributed by atoms with E-state index >= 15 is 0 Å². The molecule has 21 heavy (non-hydrogen) atoms. The Morgan fingerprint density at radius 1 is 1.33 bits per heavy atom. The van der Waals surface area contributed by atoms with Crippen LogP contribution >= 0.6 is 0 Å². The predicted molar refractivity (Wildman–Crippen MR) is 72.4 cm³/mol. The molecule has 2 aromatic heterocycles. The van der Waals surface area contributed by atoms with Gasteiger partial charge >= 0.3 is 0 Å². The highest BCUT2D eigenvalue weighted by Crippen LogP contribution is 2.25. The van der Waals surface area contributed by atoms with Gasteiger partial charge in [0.25, 0.3) is 0 Å². The van der Waals surface area contributed by atoms with Crippen molar-refractivity contribution in [3.05, 3.63) is 23.0 Å². The lowest BCUT2D eigenvalue weighted by Crippen LogP contribution is -2.39. The SMILES string of the molecule is Cc1nc(C2CCN(C(=O)Cc3nonc3C)CC2)n[nH]1. The molecule has 1 fully saturated rings. The highest BCUT2D eigenvalue weighted by molar-refractivity contribution is 5.78. The first kappa shape index (κ1) is 13.7. The number of carbonyl (C=O) groups is 1. The van der Waals surface area contributed by atoms with Gasteiger partial charge in [-0.3, -0.25) is 9.89 Å². The molecule has 0 spiro atoms. The summed E-state index contributed by atoms with van der Waals surface area (Å²) < 4.78 is 4.62. The highest BCUT2D eigenvalue weighted by atomic mass is 16.6. The minimum absolute atomic E-state index is 0.0680. The van der Waals surface area contributed by atoms with Crippen LogP contribution in [0.5, 0.6) is 0 Å². The van der Waals surface area contributed by atoms with Gasteiger partial charge in [0, 0.05) is 19.0 Å². The summed E-state index contributed by atoms with van der Waals surface area (Å²) in [5, 5.41) is 14.5. The maximum atomic E-state index is 12.2. The minimum atomic E-state index is 0.0680. The number of aromatic nitrogens is 5. The fourth-order valence-electron chi connectivity index (χ4n) is 2.59. The van der Waals surface area contributed by atoms with Crippen molar-refractivity contribution in [1.29, 1.82) is 0 Å². The Balaban J connectivity index is 1.56. The molecule has 0 aromatic carbocycles. The van der Waals surface area contributed by atoms with E-state index in [1.807, 2.05) is 11.8 Å². The third-order valence-corrected chi connectivity index (χ3v) is 3.89. The van der Waals surface area contributed by atoms with Crippen molar-refractivity contribution in [3.8, 4) is 0 Å². The van der Waals surface area contributed by atoms with Crippen LogP contribution in [-0.2, 0) is 11.2 Å². The summed E-state index contributed by atoms with van der Waals surface area (Å²) in [5.74, 6) is 2.08. The number of likely N-dealkylation sites (tertiary alicyclic amines) is 1. The monoisotopic (exact) mass is 290 g/mol. The van der Waals surface area contributed by atoms with Crippen molar-refractivity contribution in [3.63, 3.8) is 0 Å². The zero-order valence-corrected chi connectivity index (χ0v) is 12.2. The van der Waals surface area contributed by atoms with E-state index in [1.54, 1.807) is 6.92 Å². The lowest BCUT2D eigenvalue weighted by Gasteiger charge is -2.30. The van der Waals surface area contributed by atoms with E-state index in [9.17, 15) is 4.79 Å². The molecule has 2 aromatic rings. The molecule has 0 atom stereocenters. The number of carbonyl (C=O) groups excluding carboxylic acids is 1. The average Bonchev–Trinajstić information content (AvgIpc) is 3.08. The van der Waals surface area contributed by atoms with Crippen molar-refractivity contribution in [1.82, 2.24) is 30.4 Å². The van der Waals surface area contributed by atoms with Gasteiger partial charge in [-0.15, -0.1) is 0 Å². The van der Waals surface area contributed by atoms with Gasteiger partial charge in [0.2, 0.25) is 5.91 Å². The second kappa shape index (κ2) is 5.63. The second-order valence-electron chi connectivity index (χ2n) is 5.41. The van der Waals surface area contributed by atoms with Crippen LogP contribution in [0.2, 0.25) is 0 Å². The molecular formula is C13H18N6O2. The summed E-state index contributed by atoms with van der Waals surface area (Å²) in [6.45, 7) is 5.13. The number of aryl methyl sites for hydroxylation is 2. The van der Waals surface area contributed by atoms with E-state index in [1.165, 1.54) is 0 Å². The number of nitrogens with zero attached hydrogens (tertiary/aromatic N) is 5. The Labute approximate surface area is 121 Å². The van der Waals surface area contributed by atoms with Gasteiger partial charge in [-0.25, -0.2) is 9.61 Å². The number of rotatable bonds is 3. The Morgan fingerprint density at radius 2 is 2.10 bits per heavy atom. The van der Waals surface area contributed by atoms with E-state index in [-0.39, 0.29) is 12.3 Å². The standard InChI is InChI=1S/C13H18N6O2/c1-8-11(18-21-17-8)7-12(20)19-5-3-10(4-6-19)13-14-9(2)15-16-13/h10H,3-7H2,1-2H3,(H,14,15,16).